The third-order valence-electron chi connectivity index (χ3n) is 10.1. The molecule has 1 aliphatic heterocycles. The molecule has 8 N–H and O–H groups in total. The number of para-hydroxylation sites is 1. The molecule has 0 unspecified atom stereocenters. The fourth-order valence-corrected chi connectivity index (χ4v) is 9.09. The predicted octanol–water partition coefficient (Wildman–Crippen LogP) is 6.73. The number of piperazine rings is 1. The molecule has 2 fully saturated rings. The Balaban J connectivity index is 0.000000685. The number of aromatic nitrogens is 1. The molecular weight excluding hydrogens is 1040 g/mol. The standard InChI is InChI=1S/C35H45Cl2N7O5S.3C2HF3O2/c1-23-21-24(2)41-32-25(23)9-8-10-28(32)49-22-26-27(36)12-13-29(31(26)37)50(47,48)42-35(14-5-6-15-35)33(46)44-19-17-43(18-20-44)30(45)11-4-3-7-16-40-34(38)39;3*3-2(4,5)1(6)7/h8-10,12-13,21,42H,3-7,11,14-20,22H2,1-2H3,(H4,38,39,40);3*(H,6,7). The van der Waals surface area contributed by atoms with Gasteiger partial charge in [-0.1, -0.05) is 54.6 Å². The van der Waals surface area contributed by atoms with E-state index in [0.29, 0.717) is 81.7 Å². The van der Waals surface area contributed by atoms with Crippen LogP contribution in [0.4, 0.5) is 39.5 Å². The minimum Gasteiger partial charge on any atom is -0.487 e. The van der Waals surface area contributed by atoms with Crippen LogP contribution in [0.5, 0.6) is 5.75 Å². The summed E-state index contributed by atoms with van der Waals surface area (Å²) < 4.78 is 132. The number of rotatable bonds is 13. The quantitative estimate of drug-likeness (QED) is 0.0448. The summed E-state index contributed by atoms with van der Waals surface area (Å²) in [4.78, 5) is 65.4. The second-order valence-electron chi connectivity index (χ2n) is 15.5. The first kappa shape index (κ1) is 61.3. The van der Waals surface area contributed by atoms with Crippen LogP contribution in [-0.2, 0) is 40.6 Å². The van der Waals surface area contributed by atoms with Gasteiger partial charge in [0.1, 0.15) is 28.3 Å². The van der Waals surface area contributed by atoms with Gasteiger partial charge in [0.2, 0.25) is 21.8 Å². The maximum absolute atomic E-state index is 14.0. The van der Waals surface area contributed by atoms with E-state index in [9.17, 15) is 57.5 Å². The van der Waals surface area contributed by atoms with Crippen LogP contribution in [0.25, 0.3) is 10.9 Å². The first-order chi connectivity index (χ1) is 32.6. The van der Waals surface area contributed by atoms with Crippen molar-refractivity contribution < 1.29 is 92.0 Å². The van der Waals surface area contributed by atoms with Crippen LogP contribution in [-0.4, -0.2) is 131 Å². The number of ether oxygens (including phenoxy) is 1. The van der Waals surface area contributed by atoms with E-state index in [1.54, 1.807) is 15.9 Å². The third-order valence-corrected chi connectivity index (χ3v) is 12.6. The molecule has 0 atom stereocenters. The van der Waals surface area contributed by atoms with E-state index in [4.69, 9.17) is 69.1 Å². The fraction of sp³-hybridized carbons (Fsp3) is 0.488. The molecule has 1 saturated carbocycles. The second-order valence-corrected chi connectivity index (χ2v) is 17.9. The number of nitrogens with zero attached hydrogens (tertiary/aromatic N) is 4. The Hall–Kier alpha value is -5.87. The van der Waals surface area contributed by atoms with Crippen LogP contribution in [0.3, 0.4) is 0 Å². The minimum absolute atomic E-state index is 0.0364. The largest absolute Gasteiger partial charge is 0.490 e. The van der Waals surface area contributed by atoms with E-state index in [1.807, 2.05) is 32.0 Å². The number of carbonyl (C=O) groups is 5. The summed E-state index contributed by atoms with van der Waals surface area (Å²) in [5, 5.41) is 22.5. The summed E-state index contributed by atoms with van der Waals surface area (Å²) >= 11 is 13.3. The Bertz CT molecular complexity index is 2460. The molecule has 2 heterocycles. The first-order valence-corrected chi connectivity index (χ1v) is 22.9. The SMILES string of the molecule is Cc1cc(C)c2cccc(OCc3c(Cl)ccc(S(=O)(=O)NC4(C(=O)N5CCN(C(=O)CCCCCN=C(N)N)CC5)CCCC4)c3Cl)c2n1.O=C(O)C(F)(F)F.O=C(O)C(F)(F)F.O=C(O)C(F)(F)F. The lowest BCUT2D eigenvalue weighted by Crippen LogP contribution is -2.61. The van der Waals surface area contributed by atoms with Crippen LogP contribution in [0, 0.1) is 13.8 Å². The number of hydrogen-bond donors (Lipinski definition) is 6. The molecule has 0 spiro atoms. The number of aryl methyl sites for hydroxylation is 2. The summed E-state index contributed by atoms with van der Waals surface area (Å²) in [5.41, 5.74) is 12.3. The molecule has 71 heavy (non-hydrogen) atoms. The highest BCUT2D eigenvalue weighted by Crippen LogP contribution is 2.37. The van der Waals surface area contributed by atoms with Crippen LogP contribution >= 0.6 is 23.2 Å². The van der Waals surface area contributed by atoms with Gasteiger partial charge < -0.3 is 41.3 Å². The number of amides is 2. The van der Waals surface area contributed by atoms with Crippen molar-refractivity contribution in [3.63, 3.8) is 0 Å². The fourth-order valence-electron chi connectivity index (χ4n) is 6.78. The zero-order chi connectivity index (χ0) is 54.3. The van der Waals surface area contributed by atoms with Gasteiger partial charge in [0, 0.05) is 60.8 Å². The molecule has 396 valence electrons. The average Bonchev–Trinajstić information content (AvgIpc) is 3.72. The van der Waals surface area contributed by atoms with E-state index in [2.05, 4.69) is 14.7 Å². The van der Waals surface area contributed by atoms with Crippen molar-refractivity contribution in [1.82, 2.24) is 19.5 Å². The van der Waals surface area contributed by atoms with Gasteiger partial charge in [-0.15, -0.1) is 0 Å². The highest BCUT2D eigenvalue weighted by atomic mass is 35.5. The van der Waals surface area contributed by atoms with Gasteiger partial charge >= 0.3 is 36.4 Å². The molecule has 0 radical (unpaired) electrons. The zero-order valence-electron chi connectivity index (χ0n) is 37.5. The Labute approximate surface area is 409 Å². The Morgan fingerprint density at radius 2 is 1.31 bits per heavy atom. The van der Waals surface area contributed by atoms with E-state index in [0.717, 1.165) is 35.9 Å². The van der Waals surface area contributed by atoms with Gasteiger partial charge in [-0.3, -0.25) is 14.6 Å². The van der Waals surface area contributed by atoms with Crippen LogP contribution < -0.4 is 20.9 Å². The molecule has 2 aromatic carbocycles. The van der Waals surface area contributed by atoms with Crippen molar-refractivity contribution in [1.29, 1.82) is 0 Å². The maximum Gasteiger partial charge on any atom is 0.490 e. The number of benzene rings is 2. The molecule has 2 amide bonds. The lowest BCUT2D eigenvalue weighted by atomic mass is 9.96. The Kier molecular flexibility index (Phi) is 22.4. The van der Waals surface area contributed by atoms with Gasteiger partial charge in [0.25, 0.3) is 0 Å². The van der Waals surface area contributed by atoms with E-state index >= 15 is 0 Å². The van der Waals surface area contributed by atoms with E-state index < -0.39 is 52.0 Å². The normalized spacial score (nSPS) is 14.7. The highest BCUT2D eigenvalue weighted by Gasteiger charge is 2.48. The molecule has 2 aliphatic rings. The number of carboxylic acid groups (broad SMARTS) is 3. The molecule has 30 heteroatoms. The number of unbranched alkanes of at least 4 members (excludes halogenated alkanes) is 2. The van der Waals surface area contributed by atoms with Crippen LogP contribution in [0.15, 0.2) is 46.3 Å². The lowest BCUT2D eigenvalue weighted by molar-refractivity contribution is -0.193. The van der Waals surface area contributed by atoms with Crippen molar-refractivity contribution in [2.75, 3.05) is 32.7 Å². The minimum atomic E-state index is -5.08. The number of aliphatic carboxylic acids is 3. The number of aliphatic imine (C=N–C) groups is 1. The van der Waals surface area contributed by atoms with Gasteiger partial charge in [-0.2, -0.15) is 44.2 Å². The molecule has 3 aromatic rings. The number of alkyl halides is 9. The van der Waals surface area contributed by atoms with Gasteiger partial charge in [0.15, 0.2) is 5.96 Å². The van der Waals surface area contributed by atoms with Gasteiger partial charge in [-0.05, 0) is 69.4 Å². The predicted molar refractivity (Wildman–Crippen MR) is 237 cm³/mol. The molecule has 1 aromatic heterocycles. The van der Waals surface area contributed by atoms with E-state index in [1.165, 1.54) is 12.1 Å². The molecule has 1 saturated heterocycles. The zero-order valence-corrected chi connectivity index (χ0v) is 39.8. The monoisotopic (exact) mass is 1090 g/mol. The number of fused-ring (bicyclic) bond motifs is 1. The lowest BCUT2D eigenvalue weighted by Gasteiger charge is -2.40. The number of halogens is 11. The van der Waals surface area contributed by atoms with Gasteiger partial charge in [-0.25, -0.2) is 27.8 Å². The number of sulfonamides is 1. The van der Waals surface area contributed by atoms with Crippen LogP contribution in [0.2, 0.25) is 10.0 Å². The van der Waals surface area contributed by atoms with Gasteiger partial charge in [0.05, 0.1) is 5.02 Å². The van der Waals surface area contributed by atoms with Crippen molar-refractivity contribution >= 4 is 79.8 Å². The number of hydrogen-bond acceptors (Lipinski definition) is 10. The molecule has 18 nitrogen and oxygen atoms in total. The van der Waals surface area contributed by atoms with Crippen molar-refractivity contribution in [3.05, 3.63) is 63.3 Å². The second kappa shape index (κ2) is 26.0. The molecule has 1 aliphatic carbocycles. The topological polar surface area (TPSA) is 285 Å². The summed E-state index contributed by atoms with van der Waals surface area (Å²) in [7, 11) is -4.27. The first-order valence-electron chi connectivity index (χ1n) is 20.7. The number of carboxylic acids is 3. The maximum atomic E-state index is 14.0. The smallest absolute Gasteiger partial charge is 0.487 e. The van der Waals surface area contributed by atoms with Crippen LogP contribution in [0.1, 0.15) is 68.2 Å². The number of guanidine groups is 1. The molecule has 5 rings (SSSR count). The number of nitrogens with one attached hydrogen (secondary N) is 1. The summed E-state index contributed by atoms with van der Waals surface area (Å²) in [5.74, 6) is -7.94. The van der Waals surface area contributed by atoms with Crippen molar-refractivity contribution in [2.24, 2.45) is 16.5 Å². The van der Waals surface area contributed by atoms with Crippen molar-refractivity contribution in [2.45, 2.75) is 101 Å². The molecular formula is C41H48Cl2F9N7O11S. The summed E-state index contributed by atoms with van der Waals surface area (Å²) in [6.07, 6.45) is -10.4. The highest BCUT2D eigenvalue weighted by molar-refractivity contribution is 7.89. The summed E-state index contributed by atoms with van der Waals surface area (Å²) in [6, 6.07) is 10.4. The Morgan fingerprint density at radius 3 is 1.80 bits per heavy atom. The number of pyridine rings is 1. The number of nitrogens with two attached hydrogens (primary N) is 2. The molecule has 0 bridgehead atoms. The van der Waals surface area contributed by atoms with Crippen molar-refractivity contribution in [3.8, 4) is 5.75 Å². The Morgan fingerprint density at radius 1 is 0.803 bits per heavy atom. The third kappa shape index (κ3) is 19.0. The average molecular weight is 1090 g/mol. The summed E-state index contributed by atoms with van der Waals surface area (Å²) in [6.45, 7) is 5.77. The van der Waals surface area contributed by atoms with E-state index in [-0.39, 0.29) is 39.3 Å². The number of carbonyl (C=O) groups excluding carboxylic acids is 2.